The molecule has 0 aromatic carbocycles. The van der Waals surface area contributed by atoms with Crippen LogP contribution < -0.4 is 0 Å². The third-order valence-corrected chi connectivity index (χ3v) is 2.50. The Labute approximate surface area is 107 Å². The third kappa shape index (κ3) is 11.1. The van der Waals surface area contributed by atoms with Gasteiger partial charge in [0.25, 0.3) is 5.09 Å². The molecule has 0 fully saturated rings. The van der Waals surface area contributed by atoms with Crippen molar-refractivity contribution in [3.8, 4) is 0 Å². The smallest absolute Gasteiger partial charge is 0.305 e. The van der Waals surface area contributed by atoms with Crippen molar-refractivity contribution in [3.05, 3.63) is 10.1 Å². The summed E-state index contributed by atoms with van der Waals surface area (Å²) in [6.07, 6.45) is 2.32. The van der Waals surface area contributed by atoms with Crippen LogP contribution in [0.1, 0.15) is 32.6 Å². The summed E-state index contributed by atoms with van der Waals surface area (Å²) in [5, 5.41) is 9.04. The van der Waals surface area contributed by atoms with Gasteiger partial charge in [0, 0.05) is 13.0 Å². The van der Waals surface area contributed by atoms with Crippen LogP contribution in [0.25, 0.3) is 0 Å². The Morgan fingerprint density at radius 1 is 1.28 bits per heavy atom. The standard InChI is InChI=1S/C11H22N2O5/c1-3-12(2)8-10-17-11(14)7-5-4-6-9-18-13(15)16/h3-10H2,1-2H3. The first-order chi connectivity index (χ1) is 8.56. The molecule has 0 spiro atoms. The number of nitrogens with zero attached hydrogens (tertiary/aromatic N) is 2. The van der Waals surface area contributed by atoms with Gasteiger partial charge in [-0.2, -0.15) is 0 Å². The van der Waals surface area contributed by atoms with Gasteiger partial charge in [0.15, 0.2) is 0 Å². The number of carbonyl (C=O) groups is 1. The molecule has 0 aromatic heterocycles. The molecule has 0 aliphatic carbocycles. The summed E-state index contributed by atoms with van der Waals surface area (Å²) in [4.78, 5) is 27.3. The first kappa shape index (κ1) is 16.6. The van der Waals surface area contributed by atoms with Crippen molar-refractivity contribution in [2.75, 3.05) is 33.4 Å². The molecule has 0 aliphatic heterocycles. The van der Waals surface area contributed by atoms with Gasteiger partial charge in [-0.1, -0.05) is 13.3 Å². The second kappa shape index (κ2) is 10.8. The van der Waals surface area contributed by atoms with Gasteiger partial charge in [-0.15, -0.1) is 10.1 Å². The van der Waals surface area contributed by atoms with Gasteiger partial charge >= 0.3 is 5.97 Å². The molecule has 0 bridgehead atoms. The zero-order valence-corrected chi connectivity index (χ0v) is 11.1. The van der Waals surface area contributed by atoms with Gasteiger partial charge in [0.2, 0.25) is 0 Å². The van der Waals surface area contributed by atoms with Crippen molar-refractivity contribution in [3.63, 3.8) is 0 Å². The lowest BCUT2D eigenvalue weighted by atomic mass is 10.2. The van der Waals surface area contributed by atoms with Crippen LogP contribution in [0.2, 0.25) is 0 Å². The molecule has 7 nitrogen and oxygen atoms in total. The lowest BCUT2D eigenvalue weighted by Crippen LogP contribution is -2.23. The Morgan fingerprint density at radius 3 is 2.61 bits per heavy atom. The molecule has 0 saturated heterocycles. The van der Waals surface area contributed by atoms with Crippen molar-refractivity contribution in [2.45, 2.75) is 32.6 Å². The average Bonchev–Trinajstić information content (AvgIpc) is 2.33. The quantitative estimate of drug-likeness (QED) is 0.241. The molecule has 0 aromatic rings. The minimum atomic E-state index is -0.807. The lowest BCUT2D eigenvalue weighted by Gasteiger charge is -2.13. The molecule has 0 radical (unpaired) electrons. The first-order valence-corrected chi connectivity index (χ1v) is 6.17. The monoisotopic (exact) mass is 262 g/mol. The maximum atomic E-state index is 11.3. The highest BCUT2D eigenvalue weighted by Gasteiger charge is 2.03. The summed E-state index contributed by atoms with van der Waals surface area (Å²) in [5.74, 6) is -0.213. The average molecular weight is 262 g/mol. The van der Waals surface area contributed by atoms with Crippen LogP contribution in [0.5, 0.6) is 0 Å². The summed E-state index contributed by atoms with van der Waals surface area (Å²) in [6.45, 7) is 4.19. The predicted octanol–water partition coefficient (Wildman–Crippen LogP) is 1.25. The van der Waals surface area contributed by atoms with E-state index in [9.17, 15) is 14.9 Å². The van der Waals surface area contributed by atoms with E-state index >= 15 is 0 Å². The largest absolute Gasteiger partial charge is 0.464 e. The lowest BCUT2D eigenvalue weighted by molar-refractivity contribution is -0.757. The van der Waals surface area contributed by atoms with Crippen LogP contribution in [-0.4, -0.2) is 49.3 Å². The number of ether oxygens (including phenoxy) is 1. The Morgan fingerprint density at radius 2 is 2.00 bits per heavy atom. The van der Waals surface area contributed by atoms with E-state index in [0.717, 1.165) is 19.5 Å². The summed E-state index contributed by atoms with van der Waals surface area (Å²) in [7, 11) is 1.96. The fourth-order valence-corrected chi connectivity index (χ4v) is 1.23. The van der Waals surface area contributed by atoms with Crippen molar-refractivity contribution >= 4 is 5.97 Å². The van der Waals surface area contributed by atoms with E-state index in [2.05, 4.69) is 9.74 Å². The molecule has 106 valence electrons. The third-order valence-electron chi connectivity index (χ3n) is 2.50. The molecule has 0 N–H and O–H groups in total. The van der Waals surface area contributed by atoms with Gasteiger partial charge in [0.05, 0.1) is 6.61 Å². The first-order valence-electron chi connectivity index (χ1n) is 6.17. The molecule has 0 rings (SSSR count). The molecular formula is C11H22N2O5. The minimum absolute atomic E-state index is 0.0866. The van der Waals surface area contributed by atoms with Gasteiger partial charge in [-0.25, -0.2) is 0 Å². The van der Waals surface area contributed by atoms with Crippen molar-refractivity contribution in [1.29, 1.82) is 0 Å². The highest BCUT2D eigenvalue weighted by Crippen LogP contribution is 2.01. The van der Waals surface area contributed by atoms with E-state index in [4.69, 9.17) is 4.74 Å². The Hall–Kier alpha value is -1.37. The van der Waals surface area contributed by atoms with E-state index in [0.29, 0.717) is 25.9 Å². The van der Waals surface area contributed by atoms with Crippen LogP contribution in [0.3, 0.4) is 0 Å². The highest BCUT2D eigenvalue weighted by molar-refractivity contribution is 5.69. The highest BCUT2D eigenvalue weighted by atomic mass is 16.9. The molecule has 0 unspecified atom stereocenters. The number of carbonyl (C=O) groups excluding carboxylic acids is 1. The number of esters is 1. The van der Waals surface area contributed by atoms with E-state index in [-0.39, 0.29) is 12.6 Å². The number of hydrogen-bond acceptors (Lipinski definition) is 6. The van der Waals surface area contributed by atoms with Crippen LogP contribution in [0.15, 0.2) is 0 Å². The van der Waals surface area contributed by atoms with E-state index in [1.807, 2.05) is 14.0 Å². The Balaban J connectivity index is 3.29. The van der Waals surface area contributed by atoms with Crippen molar-refractivity contribution in [2.24, 2.45) is 0 Å². The maximum absolute atomic E-state index is 11.3. The van der Waals surface area contributed by atoms with Gasteiger partial charge in [-0.3, -0.25) is 4.79 Å². The molecule has 18 heavy (non-hydrogen) atoms. The summed E-state index contributed by atoms with van der Waals surface area (Å²) in [5.41, 5.74) is 0. The van der Waals surface area contributed by atoms with Crippen LogP contribution in [0.4, 0.5) is 0 Å². The molecule has 0 atom stereocenters. The van der Waals surface area contributed by atoms with Crippen LogP contribution in [0, 0.1) is 10.1 Å². The predicted molar refractivity (Wildman–Crippen MR) is 65.5 cm³/mol. The van der Waals surface area contributed by atoms with Gasteiger partial charge in [0.1, 0.15) is 6.61 Å². The fourth-order valence-electron chi connectivity index (χ4n) is 1.23. The Kier molecular flexibility index (Phi) is 9.94. The minimum Gasteiger partial charge on any atom is -0.464 e. The molecule has 0 aliphatic rings. The zero-order valence-electron chi connectivity index (χ0n) is 11.1. The normalized spacial score (nSPS) is 10.4. The molecule has 0 heterocycles. The SMILES string of the molecule is CCN(C)CCOC(=O)CCCCCO[N+](=O)[O-]. The second-order valence-electron chi connectivity index (χ2n) is 3.98. The number of unbranched alkanes of at least 4 members (excludes halogenated alkanes) is 2. The van der Waals surface area contributed by atoms with Crippen LogP contribution >= 0.6 is 0 Å². The maximum Gasteiger partial charge on any atom is 0.305 e. The number of likely N-dealkylation sites (N-methyl/N-ethyl adjacent to an activating group) is 1. The van der Waals surface area contributed by atoms with E-state index in [1.165, 1.54) is 0 Å². The molecule has 7 heteroatoms. The van der Waals surface area contributed by atoms with Crippen LogP contribution in [-0.2, 0) is 14.4 Å². The number of rotatable bonds is 11. The van der Waals surface area contributed by atoms with Gasteiger partial charge in [-0.05, 0) is 26.4 Å². The molecule has 0 saturated carbocycles. The van der Waals surface area contributed by atoms with Gasteiger partial charge < -0.3 is 14.5 Å². The second-order valence-corrected chi connectivity index (χ2v) is 3.98. The topological polar surface area (TPSA) is 81.9 Å². The summed E-state index contributed by atoms with van der Waals surface area (Å²) >= 11 is 0. The summed E-state index contributed by atoms with van der Waals surface area (Å²) in [6, 6.07) is 0. The Bertz CT molecular complexity index is 248. The molecule has 0 amide bonds. The number of hydrogen-bond donors (Lipinski definition) is 0. The van der Waals surface area contributed by atoms with E-state index in [1.54, 1.807) is 0 Å². The summed E-state index contributed by atoms with van der Waals surface area (Å²) < 4.78 is 5.04. The van der Waals surface area contributed by atoms with Crippen molar-refractivity contribution < 1.29 is 19.5 Å². The fraction of sp³-hybridized carbons (Fsp3) is 0.909. The molecular weight excluding hydrogens is 240 g/mol. The van der Waals surface area contributed by atoms with E-state index < -0.39 is 5.09 Å². The van der Waals surface area contributed by atoms with Crippen molar-refractivity contribution in [1.82, 2.24) is 4.90 Å². The zero-order chi connectivity index (χ0) is 13.8.